The number of halogens is 1. The van der Waals surface area contributed by atoms with Gasteiger partial charge in [-0.15, -0.1) is 0 Å². The summed E-state index contributed by atoms with van der Waals surface area (Å²) in [5, 5.41) is 13.1. The van der Waals surface area contributed by atoms with Gasteiger partial charge in [-0.05, 0) is 11.1 Å². The highest BCUT2D eigenvalue weighted by Gasteiger charge is 2.07. The number of aryl methyl sites for hydroxylation is 1. The molecule has 1 aromatic carbocycles. The summed E-state index contributed by atoms with van der Waals surface area (Å²) in [5.41, 5.74) is 1.99. The van der Waals surface area contributed by atoms with Crippen molar-refractivity contribution in [2.75, 3.05) is 0 Å². The quantitative estimate of drug-likeness (QED) is 0.881. The standard InChI is InChI=1S/C12H11ClN2O2/c1-15-11(17)6-10(12(13)14-15)9-4-2-8(7-16)3-5-9/h2-6,16H,7H2,1H3. The highest BCUT2D eigenvalue weighted by molar-refractivity contribution is 6.32. The fourth-order valence-electron chi connectivity index (χ4n) is 1.50. The fourth-order valence-corrected chi connectivity index (χ4v) is 1.78. The van der Waals surface area contributed by atoms with Crippen LogP contribution in [-0.4, -0.2) is 14.9 Å². The first-order valence-electron chi connectivity index (χ1n) is 5.06. The first kappa shape index (κ1) is 11.8. The van der Waals surface area contributed by atoms with Gasteiger partial charge < -0.3 is 5.11 Å². The first-order valence-corrected chi connectivity index (χ1v) is 5.43. The van der Waals surface area contributed by atoms with Crippen LogP contribution in [0, 0.1) is 0 Å². The monoisotopic (exact) mass is 250 g/mol. The van der Waals surface area contributed by atoms with E-state index < -0.39 is 0 Å². The van der Waals surface area contributed by atoms with Crippen LogP contribution in [0.15, 0.2) is 35.1 Å². The molecule has 0 aliphatic rings. The SMILES string of the molecule is Cn1nc(Cl)c(-c2ccc(CO)cc2)cc1=O. The lowest BCUT2D eigenvalue weighted by atomic mass is 10.1. The Balaban J connectivity index is 2.52. The lowest BCUT2D eigenvalue weighted by Gasteiger charge is -2.05. The third-order valence-electron chi connectivity index (χ3n) is 2.49. The summed E-state index contributed by atoms with van der Waals surface area (Å²) in [6.07, 6.45) is 0. The highest BCUT2D eigenvalue weighted by atomic mass is 35.5. The second kappa shape index (κ2) is 4.69. The highest BCUT2D eigenvalue weighted by Crippen LogP contribution is 2.24. The van der Waals surface area contributed by atoms with Gasteiger partial charge in [0.1, 0.15) is 0 Å². The van der Waals surface area contributed by atoms with Crippen LogP contribution < -0.4 is 5.56 Å². The molecule has 0 bridgehead atoms. The van der Waals surface area contributed by atoms with E-state index in [0.717, 1.165) is 11.1 Å². The van der Waals surface area contributed by atoms with Crippen molar-refractivity contribution < 1.29 is 5.11 Å². The predicted octanol–water partition coefficient (Wildman–Crippen LogP) is 1.59. The molecule has 88 valence electrons. The summed E-state index contributed by atoms with van der Waals surface area (Å²) in [5.74, 6) is 0. The molecule has 17 heavy (non-hydrogen) atoms. The lowest BCUT2D eigenvalue weighted by molar-refractivity contribution is 0.282. The molecule has 0 radical (unpaired) electrons. The van der Waals surface area contributed by atoms with Gasteiger partial charge in [-0.2, -0.15) is 5.10 Å². The van der Waals surface area contributed by atoms with Gasteiger partial charge in [0.2, 0.25) is 0 Å². The molecule has 0 fully saturated rings. The van der Waals surface area contributed by atoms with E-state index in [0.29, 0.717) is 5.56 Å². The lowest BCUT2D eigenvalue weighted by Crippen LogP contribution is -2.18. The molecule has 0 spiro atoms. The van der Waals surface area contributed by atoms with Crippen LogP contribution in [0.4, 0.5) is 0 Å². The van der Waals surface area contributed by atoms with Crippen LogP contribution in [0.2, 0.25) is 5.15 Å². The number of aliphatic hydroxyl groups excluding tert-OH is 1. The zero-order valence-electron chi connectivity index (χ0n) is 9.22. The van der Waals surface area contributed by atoms with Crippen molar-refractivity contribution >= 4 is 11.6 Å². The van der Waals surface area contributed by atoms with E-state index in [4.69, 9.17) is 16.7 Å². The third kappa shape index (κ3) is 2.38. The molecular weight excluding hydrogens is 240 g/mol. The summed E-state index contributed by atoms with van der Waals surface area (Å²) < 4.78 is 1.19. The average molecular weight is 251 g/mol. The minimum Gasteiger partial charge on any atom is -0.392 e. The zero-order valence-corrected chi connectivity index (χ0v) is 9.98. The Bertz CT molecular complexity index is 590. The maximum Gasteiger partial charge on any atom is 0.267 e. The fraction of sp³-hybridized carbons (Fsp3) is 0.167. The molecule has 0 saturated carbocycles. The number of hydrogen-bond donors (Lipinski definition) is 1. The van der Waals surface area contributed by atoms with Gasteiger partial charge in [-0.1, -0.05) is 35.9 Å². The van der Waals surface area contributed by atoms with Crippen LogP contribution in [0.25, 0.3) is 11.1 Å². The Morgan fingerprint density at radius 1 is 1.35 bits per heavy atom. The van der Waals surface area contributed by atoms with E-state index in [1.807, 2.05) is 0 Å². The Hall–Kier alpha value is -1.65. The molecule has 5 heteroatoms. The van der Waals surface area contributed by atoms with Gasteiger partial charge in [-0.25, -0.2) is 4.68 Å². The molecular formula is C12H11ClN2O2. The van der Waals surface area contributed by atoms with E-state index in [-0.39, 0.29) is 17.3 Å². The van der Waals surface area contributed by atoms with Gasteiger partial charge in [0.05, 0.1) is 6.61 Å². The molecule has 1 N–H and O–H groups in total. The van der Waals surface area contributed by atoms with E-state index in [1.54, 1.807) is 31.3 Å². The van der Waals surface area contributed by atoms with E-state index >= 15 is 0 Å². The number of aromatic nitrogens is 2. The second-order valence-corrected chi connectivity index (χ2v) is 4.02. The molecule has 0 aliphatic carbocycles. The Morgan fingerprint density at radius 3 is 2.59 bits per heavy atom. The molecule has 2 aromatic rings. The van der Waals surface area contributed by atoms with Crippen molar-refractivity contribution in [2.24, 2.45) is 7.05 Å². The number of nitrogens with zero attached hydrogens (tertiary/aromatic N) is 2. The topological polar surface area (TPSA) is 55.1 Å². The normalized spacial score (nSPS) is 10.5. The molecule has 0 unspecified atom stereocenters. The maximum absolute atomic E-state index is 11.5. The van der Waals surface area contributed by atoms with Crippen LogP contribution in [0.5, 0.6) is 0 Å². The van der Waals surface area contributed by atoms with E-state index in [9.17, 15) is 4.79 Å². The first-order chi connectivity index (χ1) is 8.11. The van der Waals surface area contributed by atoms with Crippen LogP contribution >= 0.6 is 11.6 Å². The van der Waals surface area contributed by atoms with Gasteiger partial charge in [0, 0.05) is 18.7 Å². The second-order valence-electron chi connectivity index (χ2n) is 3.67. The summed E-state index contributed by atoms with van der Waals surface area (Å²) in [7, 11) is 1.55. The molecule has 1 heterocycles. The van der Waals surface area contributed by atoms with E-state index in [1.165, 1.54) is 10.7 Å². The van der Waals surface area contributed by atoms with Crippen molar-refractivity contribution in [1.82, 2.24) is 9.78 Å². The molecule has 1 aromatic heterocycles. The molecule has 0 aliphatic heterocycles. The zero-order chi connectivity index (χ0) is 12.4. The maximum atomic E-state index is 11.5. The van der Waals surface area contributed by atoms with Crippen molar-refractivity contribution in [3.05, 3.63) is 51.4 Å². The number of hydrogen-bond acceptors (Lipinski definition) is 3. The summed E-state index contributed by atoms with van der Waals surface area (Å²) in [6, 6.07) is 8.61. The molecule has 0 saturated heterocycles. The number of aliphatic hydroxyl groups is 1. The predicted molar refractivity (Wildman–Crippen MR) is 65.8 cm³/mol. The smallest absolute Gasteiger partial charge is 0.267 e. The van der Waals surface area contributed by atoms with Crippen LogP contribution in [-0.2, 0) is 13.7 Å². The summed E-state index contributed by atoms with van der Waals surface area (Å²) >= 11 is 5.99. The molecule has 2 rings (SSSR count). The van der Waals surface area contributed by atoms with Crippen molar-refractivity contribution in [3.8, 4) is 11.1 Å². The number of rotatable bonds is 2. The van der Waals surface area contributed by atoms with Gasteiger partial charge in [-0.3, -0.25) is 4.79 Å². The van der Waals surface area contributed by atoms with Gasteiger partial charge in [0.25, 0.3) is 5.56 Å². The minimum absolute atomic E-state index is 0.0111. The van der Waals surface area contributed by atoms with Gasteiger partial charge >= 0.3 is 0 Å². The van der Waals surface area contributed by atoms with Crippen molar-refractivity contribution in [1.29, 1.82) is 0 Å². The number of benzene rings is 1. The van der Waals surface area contributed by atoms with Gasteiger partial charge in [0.15, 0.2) is 5.15 Å². The van der Waals surface area contributed by atoms with Crippen molar-refractivity contribution in [3.63, 3.8) is 0 Å². The summed E-state index contributed by atoms with van der Waals surface area (Å²) in [6.45, 7) is -0.0111. The molecule has 0 amide bonds. The van der Waals surface area contributed by atoms with Crippen LogP contribution in [0.3, 0.4) is 0 Å². The van der Waals surface area contributed by atoms with E-state index in [2.05, 4.69) is 5.10 Å². The minimum atomic E-state index is -0.212. The third-order valence-corrected chi connectivity index (χ3v) is 2.77. The Labute approximate surface area is 103 Å². The van der Waals surface area contributed by atoms with Crippen molar-refractivity contribution in [2.45, 2.75) is 6.61 Å². The largest absolute Gasteiger partial charge is 0.392 e. The molecule has 0 atom stereocenters. The Kier molecular flexibility index (Phi) is 3.26. The Morgan fingerprint density at radius 2 is 2.00 bits per heavy atom. The summed E-state index contributed by atoms with van der Waals surface area (Å²) in [4.78, 5) is 11.5. The average Bonchev–Trinajstić information content (AvgIpc) is 2.34. The van der Waals surface area contributed by atoms with Crippen LogP contribution in [0.1, 0.15) is 5.56 Å². The molecule has 4 nitrogen and oxygen atoms in total.